The molecule has 5 aromatic rings. The third kappa shape index (κ3) is 6.94. The van der Waals surface area contributed by atoms with Crippen LogP contribution in [0.5, 0.6) is 11.5 Å². The molecule has 5 aromatic carbocycles. The van der Waals surface area contributed by atoms with E-state index in [4.69, 9.17) is 0 Å². The van der Waals surface area contributed by atoms with Crippen LogP contribution in [0.3, 0.4) is 0 Å². The van der Waals surface area contributed by atoms with Gasteiger partial charge in [-0.3, -0.25) is 4.55 Å². The number of phenols is 2. The maximum atomic E-state index is 11.8. The van der Waals surface area contributed by atoms with E-state index in [0.29, 0.717) is 17.1 Å². The van der Waals surface area contributed by atoms with E-state index < -0.39 is 36.5 Å². The van der Waals surface area contributed by atoms with Gasteiger partial charge in [0.1, 0.15) is 28.1 Å². The fourth-order valence-corrected chi connectivity index (χ4v) is 7.56. The Morgan fingerprint density at radius 3 is 1.58 bits per heavy atom. The smallest absolute Gasteiger partial charge is 0.294 e. The molecule has 0 radical (unpaired) electrons. The average Bonchev–Trinajstić information content (AvgIpc) is 3.07. The first-order valence-electron chi connectivity index (χ1n) is 15.0. The predicted octanol–water partition coefficient (Wildman–Crippen LogP) is 10.2. The normalized spacial score (nSPS) is 15.8. The number of azo groups is 2. The lowest BCUT2D eigenvalue weighted by atomic mass is 9.65. The number of phenolic OH excluding ortho intramolecular Hbond substituents is 2. The molecule has 1 aliphatic rings. The highest BCUT2D eigenvalue weighted by atomic mass is 32.3. The van der Waals surface area contributed by atoms with Gasteiger partial charge in [0.2, 0.25) is 0 Å². The van der Waals surface area contributed by atoms with Crippen LogP contribution >= 0.6 is 10.9 Å². The molecule has 0 atom stereocenters. The van der Waals surface area contributed by atoms with Gasteiger partial charge >= 0.3 is 0 Å². The number of hydrogen-bond donors (Lipinski definition) is 6. The SMILES string of the molecule is O=S(=O)(O)c1cc(S(O)(O)O)c2c(N=Nc3ccc(C4(c5ccc(N=Nc6ccc(O)cc6)cc5)CCCCC4)cc3)c(O)ccc2c1. The first-order chi connectivity index (χ1) is 22.8. The van der Waals surface area contributed by atoms with Crippen LogP contribution in [0.1, 0.15) is 43.2 Å². The molecule has 12 nitrogen and oxygen atoms in total. The zero-order chi connectivity index (χ0) is 34.1. The van der Waals surface area contributed by atoms with Crippen molar-refractivity contribution in [2.75, 3.05) is 0 Å². The second kappa shape index (κ2) is 13.1. The molecule has 0 heterocycles. The summed E-state index contributed by atoms with van der Waals surface area (Å²) in [5.74, 6) is -0.242. The number of aromatic hydroxyl groups is 2. The van der Waals surface area contributed by atoms with Crippen LogP contribution in [0.15, 0.2) is 127 Å². The van der Waals surface area contributed by atoms with Crippen LogP contribution in [0, 0.1) is 0 Å². The van der Waals surface area contributed by atoms with Crippen LogP contribution in [0.4, 0.5) is 22.7 Å². The third-order valence-electron chi connectivity index (χ3n) is 8.54. The van der Waals surface area contributed by atoms with Gasteiger partial charge in [0.05, 0.1) is 26.9 Å². The number of benzene rings is 5. The molecule has 6 N–H and O–H groups in total. The van der Waals surface area contributed by atoms with Crippen molar-refractivity contribution in [2.45, 2.75) is 47.3 Å². The molecule has 248 valence electrons. The number of rotatable bonds is 8. The standard InChI is InChI=1S/C34H32N4O8S2/c39-28-15-13-27(14-16-28)36-35-25-9-5-23(6-10-25)34(18-2-1-3-19-34)24-7-11-26(12-8-24)37-38-33-30(40)17-4-22-20-29(47(41,42)43)21-31(32(22)33)48(44,45)46/h4-17,20-21,39-40,44-46H,1-3,18-19H2,(H,41,42,43). The van der Waals surface area contributed by atoms with Gasteiger partial charge in [0, 0.05) is 10.8 Å². The summed E-state index contributed by atoms with van der Waals surface area (Å²) < 4.78 is 63.4. The van der Waals surface area contributed by atoms with E-state index in [9.17, 15) is 36.8 Å². The van der Waals surface area contributed by atoms with Crippen molar-refractivity contribution in [2.24, 2.45) is 20.5 Å². The minimum atomic E-state index is -4.76. The van der Waals surface area contributed by atoms with Crippen molar-refractivity contribution in [3.8, 4) is 11.5 Å². The highest BCUT2D eigenvalue weighted by Crippen LogP contribution is 2.52. The van der Waals surface area contributed by atoms with Crippen molar-refractivity contribution < 1.29 is 36.8 Å². The zero-order valence-corrected chi connectivity index (χ0v) is 27.0. The molecule has 1 saturated carbocycles. The van der Waals surface area contributed by atoms with Gasteiger partial charge < -0.3 is 23.9 Å². The highest BCUT2D eigenvalue weighted by molar-refractivity contribution is 8.19. The summed E-state index contributed by atoms with van der Waals surface area (Å²) in [5, 5.41) is 37.0. The van der Waals surface area contributed by atoms with Crippen molar-refractivity contribution in [3.63, 3.8) is 0 Å². The molecule has 0 bridgehead atoms. The lowest BCUT2D eigenvalue weighted by molar-refractivity contribution is 0.346. The van der Waals surface area contributed by atoms with Crippen molar-refractivity contribution in [1.29, 1.82) is 0 Å². The van der Waals surface area contributed by atoms with Gasteiger partial charge in [-0.05, 0) is 96.1 Å². The fraction of sp³-hybridized carbons (Fsp3) is 0.176. The monoisotopic (exact) mass is 688 g/mol. The first-order valence-corrected chi connectivity index (χ1v) is 17.9. The number of nitrogens with zero attached hydrogens (tertiary/aromatic N) is 4. The number of fused-ring (bicyclic) bond motifs is 1. The minimum absolute atomic E-state index is 0.0586. The van der Waals surface area contributed by atoms with E-state index in [0.717, 1.165) is 55.4 Å². The van der Waals surface area contributed by atoms with Gasteiger partial charge in [0.15, 0.2) is 0 Å². The summed E-state index contributed by atoms with van der Waals surface area (Å²) in [5.41, 5.74) is 3.55. The van der Waals surface area contributed by atoms with E-state index in [-0.39, 0.29) is 27.6 Å². The molecule has 48 heavy (non-hydrogen) atoms. The summed E-state index contributed by atoms with van der Waals surface area (Å²) >= 11 is 0. The van der Waals surface area contributed by atoms with Crippen LogP contribution < -0.4 is 0 Å². The number of hydrogen-bond acceptors (Lipinski definition) is 11. The van der Waals surface area contributed by atoms with E-state index >= 15 is 0 Å². The third-order valence-corrected chi connectivity index (χ3v) is 10.3. The molecule has 0 saturated heterocycles. The van der Waals surface area contributed by atoms with Crippen LogP contribution in [0.2, 0.25) is 0 Å². The Bertz CT molecular complexity index is 2120. The molecule has 6 rings (SSSR count). The second-order valence-electron chi connectivity index (χ2n) is 11.6. The minimum Gasteiger partial charge on any atom is -0.508 e. The van der Waals surface area contributed by atoms with Crippen molar-refractivity contribution in [1.82, 2.24) is 0 Å². The van der Waals surface area contributed by atoms with Crippen LogP contribution in [0.25, 0.3) is 10.8 Å². The molecule has 0 amide bonds. The quantitative estimate of drug-likeness (QED) is 0.0681. The Labute approximate surface area is 278 Å². The van der Waals surface area contributed by atoms with Gasteiger partial charge in [-0.15, -0.1) is 5.11 Å². The lowest BCUT2D eigenvalue weighted by Crippen LogP contribution is -2.30. The van der Waals surface area contributed by atoms with E-state index in [1.165, 1.54) is 12.1 Å². The zero-order valence-electron chi connectivity index (χ0n) is 25.4. The van der Waals surface area contributed by atoms with Gasteiger partial charge in [-0.1, -0.05) is 49.6 Å². The molecule has 0 aliphatic heterocycles. The van der Waals surface area contributed by atoms with Gasteiger partial charge in [0.25, 0.3) is 10.1 Å². The first kappa shape index (κ1) is 33.2. The highest BCUT2D eigenvalue weighted by Gasteiger charge is 2.35. The summed E-state index contributed by atoms with van der Waals surface area (Å²) in [4.78, 5) is -1.31. The maximum Gasteiger partial charge on any atom is 0.294 e. The van der Waals surface area contributed by atoms with Gasteiger partial charge in [-0.2, -0.15) is 23.8 Å². The molecule has 0 aromatic heterocycles. The Kier molecular flexibility index (Phi) is 9.04. The summed E-state index contributed by atoms with van der Waals surface area (Å²) in [6.45, 7) is 0. The van der Waals surface area contributed by atoms with Crippen LogP contribution in [-0.2, 0) is 15.5 Å². The van der Waals surface area contributed by atoms with E-state index in [1.54, 1.807) is 36.4 Å². The fourth-order valence-electron chi connectivity index (χ4n) is 6.17. The molecule has 14 heteroatoms. The summed E-state index contributed by atoms with van der Waals surface area (Å²) in [6.07, 6.45) is 5.18. The Morgan fingerprint density at radius 1 is 0.583 bits per heavy atom. The molecule has 1 aliphatic carbocycles. The molecule has 0 unspecified atom stereocenters. The Morgan fingerprint density at radius 2 is 1.08 bits per heavy atom. The Balaban J connectivity index is 1.31. The van der Waals surface area contributed by atoms with Crippen LogP contribution in [-0.4, -0.2) is 36.8 Å². The predicted molar refractivity (Wildman–Crippen MR) is 182 cm³/mol. The second-order valence-corrected chi connectivity index (χ2v) is 14.5. The Hall–Kier alpha value is -4.70. The largest absolute Gasteiger partial charge is 0.508 e. The average molecular weight is 689 g/mol. The van der Waals surface area contributed by atoms with Gasteiger partial charge in [-0.25, -0.2) is 0 Å². The van der Waals surface area contributed by atoms with E-state index in [1.807, 2.05) is 24.3 Å². The molecular formula is C34H32N4O8S2. The maximum absolute atomic E-state index is 11.8. The van der Waals surface area contributed by atoms with E-state index in [2.05, 4.69) is 32.6 Å². The topological polar surface area (TPSA) is 205 Å². The molecule has 1 fully saturated rings. The van der Waals surface area contributed by atoms with Crippen molar-refractivity contribution in [3.05, 3.63) is 108 Å². The summed E-state index contributed by atoms with van der Waals surface area (Å²) in [7, 11) is -9.28. The summed E-state index contributed by atoms with van der Waals surface area (Å²) in [6, 6.07) is 26.3. The van der Waals surface area contributed by atoms with Crippen molar-refractivity contribution >= 4 is 54.5 Å². The lowest BCUT2D eigenvalue weighted by Gasteiger charge is -2.38. The molecule has 0 spiro atoms. The molecular weight excluding hydrogens is 657 g/mol.